The minimum atomic E-state index is -0.302. The Bertz CT molecular complexity index is 242. The third-order valence-corrected chi connectivity index (χ3v) is 4.70. The second-order valence-electron chi connectivity index (χ2n) is 6.64. The van der Waals surface area contributed by atoms with Gasteiger partial charge in [0.2, 0.25) is 0 Å². The van der Waals surface area contributed by atoms with Crippen LogP contribution in [0, 0.1) is 17.8 Å². The zero-order valence-corrected chi connectivity index (χ0v) is 12.8. The fourth-order valence-corrected chi connectivity index (χ4v) is 3.49. The summed E-state index contributed by atoms with van der Waals surface area (Å²) in [5.41, 5.74) is 0. The van der Waals surface area contributed by atoms with E-state index in [4.69, 9.17) is 0 Å². The smallest absolute Gasteiger partial charge is 0.0571 e. The van der Waals surface area contributed by atoms with Crippen LogP contribution in [0.1, 0.15) is 65.7 Å². The number of rotatable bonds is 7. The number of hydrogen-bond donors (Lipinski definition) is 3. The van der Waals surface area contributed by atoms with E-state index in [1.807, 2.05) is 6.92 Å². The quantitative estimate of drug-likeness (QED) is 0.668. The topological polar surface area (TPSA) is 60.7 Å². The van der Waals surface area contributed by atoms with Crippen LogP contribution < -0.4 is 0 Å². The first kappa shape index (κ1) is 16.9. The molecule has 19 heavy (non-hydrogen) atoms. The van der Waals surface area contributed by atoms with E-state index in [1.54, 1.807) is 0 Å². The van der Waals surface area contributed by atoms with Gasteiger partial charge in [0.1, 0.15) is 0 Å². The third kappa shape index (κ3) is 5.80. The highest BCUT2D eigenvalue weighted by molar-refractivity contribution is 4.85. The van der Waals surface area contributed by atoms with Crippen LogP contribution in [0.15, 0.2) is 0 Å². The molecule has 0 aromatic rings. The normalized spacial score (nSPS) is 35.1. The van der Waals surface area contributed by atoms with E-state index in [0.717, 1.165) is 44.9 Å². The Morgan fingerprint density at radius 1 is 1.16 bits per heavy atom. The van der Waals surface area contributed by atoms with Gasteiger partial charge in [0.25, 0.3) is 0 Å². The van der Waals surface area contributed by atoms with Gasteiger partial charge in [-0.2, -0.15) is 0 Å². The molecule has 6 unspecified atom stereocenters. The fraction of sp³-hybridized carbons (Fsp3) is 1.00. The van der Waals surface area contributed by atoms with E-state index in [2.05, 4.69) is 13.8 Å². The summed E-state index contributed by atoms with van der Waals surface area (Å²) in [6, 6.07) is 0. The highest BCUT2D eigenvalue weighted by Crippen LogP contribution is 2.38. The standard InChI is InChI=1S/C16H32O3/c1-4-5-6-15(18)9-13-8-14(7-11(2)17)12(3)16(19)10-13/h11-19H,4-10H2,1-3H3. The molecule has 114 valence electrons. The van der Waals surface area contributed by atoms with Gasteiger partial charge in [0.15, 0.2) is 0 Å². The van der Waals surface area contributed by atoms with Gasteiger partial charge in [-0.15, -0.1) is 0 Å². The fourth-order valence-electron chi connectivity index (χ4n) is 3.49. The molecule has 0 spiro atoms. The first-order valence-electron chi connectivity index (χ1n) is 7.98. The van der Waals surface area contributed by atoms with Crippen molar-refractivity contribution >= 4 is 0 Å². The zero-order valence-electron chi connectivity index (χ0n) is 12.8. The van der Waals surface area contributed by atoms with Crippen molar-refractivity contribution in [2.24, 2.45) is 17.8 Å². The van der Waals surface area contributed by atoms with Gasteiger partial charge in [-0.1, -0.05) is 26.7 Å². The SMILES string of the molecule is CCCCC(O)CC1CC(O)C(C)C(CC(C)O)C1. The Hall–Kier alpha value is -0.120. The van der Waals surface area contributed by atoms with E-state index in [1.165, 1.54) is 0 Å². The average Bonchev–Trinajstić information content (AvgIpc) is 2.32. The Morgan fingerprint density at radius 2 is 1.84 bits per heavy atom. The van der Waals surface area contributed by atoms with Crippen LogP contribution in [0.4, 0.5) is 0 Å². The minimum Gasteiger partial charge on any atom is -0.393 e. The number of aliphatic hydroxyl groups is 3. The van der Waals surface area contributed by atoms with E-state index in [-0.39, 0.29) is 24.2 Å². The molecular formula is C16H32O3. The summed E-state index contributed by atoms with van der Waals surface area (Å²) >= 11 is 0. The van der Waals surface area contributed by atoms with Crippen LogP contribution in [0.25, 0.3) is 0 Å². The molecule has 0 heterocycles. The molecule has 3 heteroatoms. The Morgan fingerprint density at radius 3 is 2.42 bits per heavy atom. The average molecular weight is 272 g/mol. The molecule has 0 saturated heterocycles. The molecule has 0 aromatic heterocycles. The van der Waals surface area contributed by atoms with Crippen molar-refractivity contribution in [2.45, 2.75) is 84.0 Å². The van der Waals surface area contributed by atoms with Crippen LogP contribution in [0.2, 0.25) is 0 Å². The molecule has 1 aliphatic rings. The van der Waals surface area contributed by atoms with Crippen LogP contribution in [-0.2, 0) is 0 Å². The molecule has 1 fully saturated rings. The molecule has 3 nitrogen and oxygen atoms in total. The molecule has 0 aliphatic heterocycles. The zero-order chi connectivity index (χ0) is 14.4. The van der Waals surface area contributed by atoms with Gasteiger partial charge in [-0.3, -0.25) is 0 Å². The minimum absolute atomic E-state index is 0.224. The summed E-state index contributed by atoms with van der Waals surface area (Å²) in [6.07, 6.45) is 5.67. The van der Waals surface area contributed by atoms with Crippen molar-refractivity contribution in [2.75, 3.05) is 0 Å². The van der Waals surface area contributed by atoms with Gasteiger partial charge < -0.3 is 15.3 Å². The Balaban J connectivity index is 2.46. The van der Waals surface area contributed by atoms with Gasteiger partial charge in [-0.05, 0) is 56.8 Å². The molecule has 1 saturated carbocycles. The molecule has 0 aromatic carbocycles. The largest absolute Gasteiger partial charge is 0.393 e. The Kier molecular flexibility index (Phi) is 7.33. The maximum absolute atomic E-state index is 10.2. The van der Waals surface area contributed by atoms with Crippen LogP contribution in [0.5, 0.6) is 0 Å². The number of aliphatic hydroxyl groups excluding tert-OH is 3. The van der Waals surface area contributed by atoms with Crippen molar-refractivity contribution in [1.29, 1.82) is 0 Å². The molecule has 0 bridgehead atoms. The lowest BCUT2D eigenvalue weighted by atomic mass is 9.69. The van der Waals surface area contributed by atoms with E-state index >= 15 is 0 Å². The molecule has 1 rings (SSSR count). The summed E-state index contributed by atoms with van der Waals surface area (Å²) < 4.78 is 0. The van der Waals surface area contributed by atoms with Crippen molar-refractivity contribution in [1.82, 2.24) is 0 Å². The molecular weight excluding hydrogens is 240 g/mol. The van der Waals surface area contributed by atoms with Crippen molar-refractivity contribution < 1.29 is 15.3 Å². The highest BCUT2D eigenvalue weighted by atomic mass is 16.3. The van der Waals surface area contributed by atoms with Gasteiger partial charge in [0, 0.05) is 0 Å². The van der Waals surface area contributed by atoms with E-state index < -0.39 is 0 Å². The van der Waals surface area contributed by atoms with E-state index in [0.29, 0.717) is 11.8 Å². The van der Waals surface area contributed by atoms with Gasteiger partial charge in [0.05, 0.1) is 18.3 Å². The summed E-state index contributed by atoms with van der Waals surface area (Å²) in [4.78, 5) is 0. The lowest BCUT2D eigenvalue weighted by Gasteiger charge is -2.39. The van der Waals surface area contributed by atoms with Crippen molar-refractivity contribution in [3.8, 4) is 0 Å². The van der Waals surface area contributed by atoms with Gasteiger partial charge in [-0.25, -0.2) is 0 Å². The van der Waals surface area contributed by atoms with Crippen molar-refractivity contribution in [3.63, 3.8) is 0 Å². The molecule has 0 radical (unpaired) electrons. The summed E-state index contributed by atoms with van der Waals surface area (Å²) in [7, 11) is 0. The van der Waals surface area contributed by atoms with Crippen LogP contribution in [-0.4, -0.2) is 33.6 Å². The number of hydrogen-bond acceptors (Lipinski definition) is 3. The summed E-state index contributed by atoms with van der Waals surface area (Å²) in [5.74, 6) is 1.05. The molecule has 6 atom stereocenters. The highest BCUT2D eigenvalue weighted by Gasteiger charge is 2.35. The lowest BCUT2D eigenvalue weighted by molar-refractivity contribution is -0.0133. The second-order valence-corrected chi connectivity index (χ2v) is 6.64. The number of unbranched alkanes of at least 4 members (excludes halogenated alkanes) is 1. The molecule has 0 amide bonds. The van der Waals surface area contributed by atoms with Crippen LogP contribution in [0.3, 0.4) is 0 Å². The predicted molar refractivity (Wildman–Crippen MR) is 77.8 cm³/mol. The molecule has 3 N–H and O–H groups in total. The lowest BCUT2D eigenvalue weighted by Crippen LogP contribution is -2.37. The van der Waals surface area contributed by atoms with Gasteiger partial charge >= 0.3 is 0 Å². The van der Waals surface area contributed by atoms with E-state index in [9.17, 15) is 15.3 Å². The summed E-state index contributed by atoms with van der Waals surface area (Å²) in [5, 5.41) is 29.7. The third-order valence-electron chi connectivity index (χ3n) is 4.70. The molecule has 1 aliphatic carbocycles. The summed E-state index contributed by atoms with van der Waals surface area (Å²) in [6.45, 7) is 6.04. The second kappa shape index (κ2) is 8.23. The maximum Gasteiger partial charge on any atom is 0.0571 e. The van der Waals surface area contributed by atoms with Crippen molar-refractivity contribution in [3.05, 3.63) is 0 Å². The monoisotopic (exact) mass is 272 g/mol. The first-order valence-corrected chi connectivity index (χ1v) is 7.98. The maximum atomic E-state index is 10.2. The Labute approximate surface area is 118 Å². The first-order chi connectivity index (χ1) is 8.93. The van der Waals surface area contributed by atoms with Crippen LogP contribution >= 0.6 is 0 Å². The predicted octanol–water partition coefficient (Wildman–Crippen LogP) is 2.72.